The maximum atomic E-state index is 12.6. The van der Waals surface area contributed by atoms with Crippen molar-refractivity contribution in [3.8, 4) is 0 Å². The first-order valence-electron chi connectivity index (χ1n) is 10.9. The van der Waals surface area contributed by atoms with E-state index in [1.165, 1.54) is 0 Å². The van der Waals surface area contributed by atoms with Crippen LogP contribution in [0.4, 0.5) is 13.2 Å². The zero-order valence-corrected chi connectivity index (χ0v) is 18.9. The molecule has 0 aromatic heterocycles. The van der Waals surface area contributed by atoms with E-state index in [2.05, 4.69) is 4.72 Å². The van der Waals surface area contributed by atoms with E-state index in [1.807, 2.05) is 4.90 Å². The monoisotopic (exact) mass is 482 g/mol. The van der Waals surface area contributed by atoms with Gasteiger partial charge in [-0.05, 0) is 62.3 Å². The molecule has 1 aromatic carbocycles. The number of nitrogens with zero attached hydrogens (tertiary/aromatic N) is 1. The van der Waals surface area contributed by atoms with E-state index < -0.39 is 21.8 Å². The molecule has 2 rings (SSSR count). The van der Waals surface area contributed by atoms with Crippen LogP contribution in [0.1, 0.15) is 37.7 Å². The Morgan fingerprint density at radius 1 is 1.00 bits per heavy atom. The van der Waals surface area contributed by atoms with Crippen LogP contribution in [0.15, 0.2) is 29.2 Å². The van der Waals surface area contributed by atoms with E-state index in [1.54, 1.807) is 0 Å². The summed E-state index contributed by atoms with van der Waals surface area (Å²) in [6.07, 6.45) is -0.320. The normalized spacial score (nSPS) is 20.1. The molecule has 0 spiro atoms. The molecule has 1 saturated carbocycles. The second kappa shape index (κ2) is 12.9. The highest BCUT2D eigenvalue weighted by Gasteiger charge is 2.31. The largest absolute Gasteiger partial charge is 0.416 e. The molecule has 0 atom stereocenters. The minimum absolute atomic E-state index is 0.0491. The van der Waals surface area contributed by atoms with Crippen LogP contribution in [0.2, 0.25) is 0 Å². The number of sulfonamides is 1. The molecule has 1 aliphatic carbocycles. The van der Waals surface area contributed by atoms with Gasteiger partial charge in [0, 0.05) is 32.8 Å². The van der Waals surface area contributed by atoms with Crippen molar-refractivity contribution < 1.29 is 36.5 Å². The summed E-state index contributed by atoms with van der Waals surface area (Å²) in [6, 6.07) is 3.48. The number of halogens is 3. The summed E-state index contributed by atoms with van der Waals surface area (Å²) in [5.74, 6) is 0.156. The van der Waals surface area contributed by atoms with Crippen molar-refractivity contribution in [1.29, 1.82) is 0 Å². The van der Waals surface area contributed by atoms with Crippen molar-refractivity contribution >= 4 is 10.0 Å². The zero-order valence-electron chi connectivity index (χ0n) is 18.1. The van der Waals surface area contributed by atoms with Crippen LogP contribution in [0.3, 0.4) is 0 Å². The summed E-state index contributed by atoms with van der Waals surface area (Å²) < 4.78 is 71.1. The molecule has 0 unspecified atom stereocenters. The number of hydrogen-bond donors (Lipinski definition) is 3. The van der Waals surface area contributed by atoms with Gasteiger partial charge in [-0.1, -0.05) is 0 Å². The number of aliphatic hydroxyl groups is 2. The summed E-state index contributed by atoms with van der Waals surface area (Å²) in [6.45, 7) is 2.71. The number of nitrogens with one attached hydrogen (secondary N) is 1. The van der Waals surface area contributed by atoms with Gasteiger partial charge in [0.1, 0.15) is 0 Å². The van der Waals surface area contributed by atoms with Crippen LogP contribution in [-0.2, 0) is 20.9 Å². The lowest BCUT2D eigenvalue weighted by Crippen LogP contribution is -2.33. The van der Waals surface area contributed by atoms with Gasteiger partial charge in [0.05, 0.1) is 29.8 Å². The number of benzene rings is 1. The van der Waals surface area contributed by atoms with E-state index >= 15 is 0 Å². The molecule has 0 radical (unpaired) electrons. The molecular formula is C21H33F3N2O5S. The first kappa shape index (κ1) is 27.0. The molecular weight excluding hydrogens is 449 g/mol. The third-order valence-corrected chi connectivity index (χ3v) is 7.09. The molecule has 1 fully saturated rings. The Morgan fingerprint density at radius 2 is 1.59 bits per heavy atom. The molecule has 184 valence electrons. The quantitative estimate of drug-likeness (QED) is 0.373. The van der Waals surface area contributed by atoms with E-state index in [-0.39, 0.29) is 36.7 Å². The van der Waals surface area contributed by atoms with Crippen LogP contribution >= 0.6 is 0 Å². The van der Waals surface area contributed by atoms with Gasteiger partial charge in [-0.25, -0.2) is 13.1 Å². The lowest BCUT2D eigenvalue weighted by atomic mass is 9.87. The summed E-state index contributed by atoms with van der Waals surface area (Å²) in [4.78, 5) is 1.79. The molecule has 0 saturated heterocycles. The molecule has 11 heteroatoms. The molecule has 0 heterocycles. The number of aliphatic hydroxyl groups excluding tert-OH is 2. The summed E-state index contributed by atoms with van der Waals surface area (Å²) in [5, 5.41) is 18.0. The molecule has 1 aromatic rings. The molecule has 0 bridgehead atoms. The Balaban J connectivity index is 1.68. The fourth-order valence-corrected chi connectivity index (χ4v) is 4.91. The fraction of sp³-hybridized carbons (Fsp3) is 0.714. The molecule has 3 N–H and O–H groups in total. The lowest BCUT2D eigenvalue weighted by molar-refractivity contribution is -0.137. The van der Waals surface area contributed by atoms with Crippen LogP contribution < -0.4 is 4.72 Å². The fourth-order valence-electron chi connectivity index (χ4n) is 3.79. The van der Waals surface area contributed by atoms with Gasteiger partial charge in [-0.2, -0.15) is 13.2 Å². The second-order valence-corrected chi connectivity index (χ2v) is 9.80. The maximum absolute atomic E-state index is 12.6. The Kier molecular flexibility index (Phi) is 10.8. The van der Waals surface area contributed by atoms with Crippen molar-refractivity contribution in [2.24, 2.45) is 5.92 Å². The van der Waals surface area contributed by atoms with E-state index in [4.69, 9.17) is 14.9 Å². The standard InChI is InChI=1S/C21H33F3N2O5S/c22-21(23,24)18-4-8-20(9-5-18)32(29,30)25-16-17-2-6-19(7-3-17)31-15-1-10-26(11-13-27)12-14-28/h4-5,8-9,17,19,25,27-28H,1-3,6-7,10-16H2. The molecule has 1 aliphatic rings. The predicted molar refractivity (Wildman–Crippen MR) is 114 cm³/mol. The highest BCUT2D eigenvalue weighted by Crippen LogP contribution is 2.30. The van der Waals surface area contributed by atoms with E-state index in [0.29, 0.717) is 19.7 Å². The maximum Gasteiger partial charge on any atom is 0.416 e. The molecule has 7 nitrogen and oxygen atoms in total. The highest BCUT2D eigenvalue weighted by molar-refractivity contribution is 7.89. The van der Waals surface area contributed by atoms with E-state index in [9.17, 15) is 21.6 Å². The van der Waals surface area contributed by atoms with Crippen LogP contribution in [0.5, 0.6) is 0 Å². The van der Waals surface area contributed by atoms with Gasteiger partial charge in [-0.3, -0.25) is 4.90 Å². The Labute approximate surface area is 187 Å². The second-order valence-electron chi connectivity index (χ2n) is 8.03. The molecule has 0 amide bonds. The SMILES string of the molecule is O=S(=O)(NCC1CCC(OCCCN(CCO)CCO)CC1)c1ccc(C(F)(F)F)cc1. The minimum atomic E-state index is -4.51. The average Bonchev–Trinajstić information content (AvgIpc) is 2.76. The molecule has 32 heavy (non-hydrogen) atoms. The Hall–Kier alpha value is -1.24. The first-order chi connectivity index (χ1) is 15.2. The smallest absolute Gasteiger partial charge is 0.395 e. The Morgan fingerprint density at radius 3 is 2.12 bits per heavy atom. The number of ether oxygens (including phenoxy) is 1. The molecule has 0 aliphatic heterocycles. The highest BCUT2D eigenvalue weighted by atomic mass is 32.2. The van der Waals surface area contributed by atoms with Gasteiger partial charge < -0.3 is 14.9 Å². The minimum Gasteiger partial charge on any atom is -0.395 e. The van der Waals surface area contributed by atoms with Gasteiger partial charge >= 0.3 is 6.18 Å². The third-order valence-electron chi connectivity index (χ3n) is 5.65. The summed E-state index contributed by atoms with van der Waals surface area (Å²) in [7, 11) is -3.86. The number of alkyl halides is 3. The summed E-state index contributed by atoms with van der Waals surface area (Å²) >= 11 is 0. The zero-order chi connectivity index (χ0) is 23.6. The van der Waals surface area contributed by atoms with E-state index in [0.717, 1.165) is 62.9 Å². The predicted octanol–water partition coefficient (Wildman–Crippen LogP) is 2.24. The van der Waals surface area contributed by atoms with Crippen LogP contribution in [0, 0.1) is 5.92 Å². The van der Waals surface area contributed by atoms with Crippen LogP contribution in [-0.4, -0.2) is 75.6 Å². The van der Waals surface area contributed by atoms with Crippen molar-refractivity contribution in [1.82, 2.24) is 9.62 Å². The van der Waals surface area contributed by atoms with Crippen molar-refractivity contribution in [2.45, 2.75) is 49.3 Å². The number of rotatable bonds is 13. The van der Waals surface area contributed by atoms with Crippen molar-refractivity contribution in [2.75, 3.05) is 46.0 Å². The van der Waals surface area contributed by atoms with Gasteiger partial charge in [-0.15, -0.1) is 0 Å². The van der Waals surface area contributed by atoms with Gasteiger partial charge in [0.15, 0.2) is 0 Å². The first-order valence-corrected chi connectivity index (χ1v) is 12.4. The van der Waals surface area contributed by atoms with Gasteiger partial charge in [0.25, 0.3) is 0 Å². The van der Waals surface area contributed by atoms with Crippen molar-refractivity contribution in [3.63, 3.8) is 0 Å². The summed E-state index contributed by atoms with van der Waals surface area (Å²) in [5.41, 5.74) is -0.885. The van der Waals surface area contributed by atoms with Crippen LogP contribution in [0.25, 0.3) is 0 Å². The Bertz CT molecular complexity index is 761. The average molecular weight is 483 g/mol. The number of hydrogen-bond acceptors (Lipinski definition) is 6. The third kappa shape index (κ3) is 8.95. The van der Waals surface area contributed by atoms with Crippen molar-refractivity contribution in [3.05, 3.63) is 29.8 Å². The van der Waals surface area contributed by atoms with Gasteiger partial charge in [0.2, 0.25) is 10.0 Å². The topological polar surface area (TPSA) is 99.1 Å². The lowest BCUT2D eigenvalue weighted by Gasteiger charge is -2.29.